The molecule has 0 N–H and O–H groups in total. The van der Waals surface area contributed by atoms with Crippen molar-refractivity contribution in [3.05, 3.63) is 22.3 Å². The van der Waals surface area contributed by atoms with Gasteiger partial charge in [-0.25, -0.2) is 4.98 Å². The van der Waals surface area contributed by atoms with Crippen LogP contribution in [0.1, 0.15) is 18.4 Å². The summed E-state index contributed by atoms with van der Waals surface area (Å²) in [5.41, 5.74) is -0.813. The zero-order valence-electron chi connectivity index (χ0n) is 11.0. The van der Waals surface area contributed by atoms with E-state index in [0.29, 0.717) is 6.42 Å². The first kappa shape index (κ1) is 16.7. The molecule has 0 aliphatic rings. The topological polar surface area (TPSA) is 42.4 Å². The number of pyridine rings is 1. The third kappa shape index (κ3) is 4.66. The predicted molar refractivity (Wildman–Crippen MR) is 71.5 cm³/mol. The van der Waals surface area contributed by atoms with Crippen LogP contribution in [0.25, 0.3) is 0 Å². The molecule has 0 amide bonds. The van der Waals surface area contributed by atoms with Crippen LogP contribution in [-0.2, 0) is 15.7 Å². The number of halogens is 4. The van der Waals surface area contributed by atoms with Crippen LogP contribution in [0.4, 0.5) is 19.0 Å². The molecule has 0 aliphatic heterocycles. The van der Waals surface area contributed by atoms with Crippen LogP contribution >= 0.6 is 15.9 Å². The Morgan fingerprint density at radius 1 is 1.50 bits per heavy atom. The van der Waals surface area contributed by atoms with Gasteiger partial charge in [0.05, 0.1) is 12.7 Å². The van der Waals surface area contributed by atoms with Crippen LogP contribution in [0.2, 0.25) is 0 Å². The third-order valence-electron chi connectivity index (χ3n) is 2.60. The number of carbonyl (C=O) groups is 1. The highest BCUT2D eigenvalue weighted by molar-refractivity contribution is 9.10. The molecule has 1 heterocycles. The lowest BCUT2D eigenvalue weighted by Crippen LogP contribution is -2.24. The fraction of sp³-hybridized carbons (Fsp3) is 0.500. The molecule has 0 spiro atoms. The number of aromatic nitrogens is 1. The lowest BCUT2D eigenvalue weighted by Gasteiger charge is -2.22. The molecule has 0 radical (unpaired) electrons. The molecule has 0 unspecified atom stereocenters. The van der Waals surface area contributed by atoms with E-state index in [1.807, 2.05) is 0 Å². The number of rotatable bonds is 5. The summed E-state index contributed by atoms with van der Waals surface area (Å²) in [7, 11) is 2.77. The molecule has 0 saturated carbocycles. The molecule has 20 heavy (non-hydrogen) atoms. The smallest absolute Gasteiger partial charge is 0.419 e. The van der Waals surface area contributed by atoms with Gasteiger partial charge in [-0.2, -0.15) is 13.2 Å². The Morgan fingerprint density at radius 3 is 2.70 bits per heavy atom. The first-order valence-corrected chi connectivity index (χ1v) is 6.55. The number of hydrogen-bond donors (Lipinski definition) is 0. The number of alkyl halides is 3. The fourth-order valence-electron chi connectivity index (χ4n) is 1.61. The highest BCUT2D eigenvalue weighted by atomic mass is 79.9. The Labute approximate surface area is 123 Å². The summed E-state index contributed by atoms with van der Waals surface area (Å²) >= 11 is 2.98. The van der Waals surface area contributed by atoms with E-state index >= 15 is 0 Å². The van der Waals surface area contributed by atoms with Crippen molar-refractivity contribution in [2.24, 2.45) is 0 Å². The summed E-state index contributed by atoms with van der Waals surface area (Å²) in [6.07, 6.45) is -2.64. The van der Waals surface area contributed by atoms with E-state index < -0.39 is 17.7 Å². The van der Waals surface area contributed by atoms with Crippen molar-refractivity contribution in [1.29, 1.82) is 0 Å². The fourth-order valence-corrected chi connectivity index (χ4v) is 1.94. The predicted octanol–water partition coefficient (Wildman–Crippen LogP) is 3.25. The number of nitrogens with zero attached hydrogens (tertiary/aromatic N) is 2. The summed E-state index contributed by atoms with van der Waals surface area (Å²) < 4.78 is 43.5. The van der Waals surface area contributed by atoms with E-state index in [0.717, 1.165) is 6.07 Å². The average molecular weight is 355 g/mol. The van der Waals surface area contributed by atoms with Crippen molar-refractivity contribution in [3.63, 3.8) is 0 Å². The van der Waals surface area contributed by atoms with Gasteiger partial charge in [-0.15, -0.1) is 0 Å². The van der Waals surface area contributed by atoms with Gasteiger partial charge in [0.15, 0.2) is 0 Å². The maximum Gasteiger partial charge on any atom is 0.419 e. The maximum atomic E-state index is 12.9. The number of carbonyl (C=O) groups excluding carboxylic acids is 1. The van der Waals surface area contributed by atoms with Gasteiger partial charge in [-0.1, -0.05) is 0 Å². The molecule has 1 aromatic rings. The zero-order valence-corrected chi connectivity index (χ0v) is 12.6. The van der Waals surface area contributed by atoms with Gasteiger partial charge in [-0.3, -0.25) is 4.79 Å². The second-order valence-electron chi connectivity index (χ2n) is 4.12. The van der Waals surface area contributed by atoms with Crippen molar-refractivity contribution in [2.45, 2.75) is 19.0 Å². The number of esters is 1. The van der Waals surface area contributed by atoms with Crippen molar-refractivity contribution in [2.75, 3.05) is 25.6 Å². The summed E-state index contributed by atoms with van der Waals surface area (Å²) in [4.78, 5) is 16.1. The summed E-state index contributed by atoms with van der Waals surface area (Å²) in [5.74, 6) is -0.552. The van der Waals surface area contributed by atoms with Gasteiger partial charge in [0.2, 0.25) is 0 Å². The second-order valence-corrected chi connectivity index (χ2v) is 5.04. The molecule has 8 heteroatoms. The largest absolute Gasteiger partial charge is 0.469 e. The Kier molecular flexibility index (Phi) is 5.79. The Hall–Kier alpha value is -1.31. The van der Waals surface area contributed by atoms with Gasteiger partial charge in [-0.05, 0) is 28.4 Å². The van der Waals surface area contributed by atoms with Crippen LogP contribution < -0.4 is 4.90 Å². The van der Waals surface area contributed by atoms with Crippen LogP contribution in [0.3, 0.4) is 0 Å². The van der Waals surface area contributed by atoms with E-state index in [4.69, 9.17) is 0 Å². The third-order valence-corrected chi connectivity index (χ3v) is 3.04. The molecule has 1 aromatic heterocycles. The lowest BCUT2D eigenvalue weighted by molar-refractivity contribution is -0.141. The van der Waals surface area contributed by atoms with Gasteiger partial charge in [0, 0.05) is 30.7 Å². The minimum Gasteiger partial charge on any atom is -0.469 e. The first-order chi connectivity index (χ1) is 9.25. The van der Waals surface area contributed by atoms with E-state index in [1.54, 1.807) is 0 Å². The van der Waals surface area contributed by atoms with Crippen molar-refractivity contribution >= 4 is 27.7 Å². The van der Waals surface area contributed by atoms with E-state index in [9.17, 15) is 18.0 Å². The Balaban J connectivity index is 2.82. The van der Waals surface area contributed by atoms with Gasteiger partial charge in [0.25, 0.3) is 0 Å². The van der Waals surface area contributed by atoms with Crippen LogP contribution in [0.5, 0.6) is 0 Å². The highest BCUT2D eigenvalue weighted by Gasteiger charge is 2.35. The van der Waals surface area contributed by atoms with Gasteiger partial charge in [0.1, 0.15) is 5.82 Å². The van der Waals surface area contributed by atoms with E-state index in [2.05, 4.69) is 25.7 Å². The quantitative estimate of drug-likeness (QED) is 0.761. The number of ether oxygens (including phenoxy) is 1. The normalized spacial score (nSPS) is 11.3. The molecular weight excluding hydrogens is 341 g/mol. The molecule has 0 aliphatic carbocycles. The van der Waals surface area contributed by atoms with Gasteiger partial charge >= 0.3 is 12.1 Å². The zero-order chi connectivity index (χ0) is 15.3. The number of methoxy groups -OCH3 is 1. The van der Waals surface area contributed by atoms with Crippen molar-refractivity contribution in [1.82, 2.24) is 4.98 Å². The number of anilines is 1. The molecule has 0 bridgehead atoms. The monoisotopic (exact) mass is 354 g/mol. The van der Waals surface area contributed by atoms with E-state index in [1.165, 1.54) is 25.3 Å². The molecule has 0 atom stereocenters. The summed E-state index contributed by atoms with van der Waals surface area (Å²) in [5, 5.41) is 0. The Bertz CT molecular complexity index is 480. The molecule has 0 fully saturated rings. The van der Waals surface area contributed by atoms with E-state index in [-0.39, 0.29) is 23.3 Å². The minimum absolute atomic E-state index is 0.152. The molecule has 112 valence electrons. The first-order valence-electron chi connectivity index (χ1n) is 5.76. The molecule has 1 rings (SSSR count). The standard InChI is InChI=1S/C12H14BrF3N2O2/c1-18(5-3-4-10(19)20-2)11-9(12(14,15)16)6-8(13)7-17-11/h6-7H,3-5H2,1-2H3. The average Bonchev–Trinajstić information content (AvgIpc) is 2.37. The van der Waals surface area contributed by atoms with Crippen LogP contribution in [0.15, 0.2) is 16.7 Å². The SMILES string of the molecule is COC(=O)CCCN(C)c1ncc(Br)cc1C(F)(F)F. The van der Waals surface area contributed by atoms with Crippen LogP contribution in [-0.4, -0.2) is 31.7 Å². The minimum atomic E-state index is -4.48. The molecule has 0 aromatic carbocycles. The summed E-state index contributed by atoms with van der Waals surface area (Å²) in [6, 6.07) is 0.985. The highest BCUT2D eigenvalue weighted by Crippen LogP contribution is 2.36. The van der Waals surface area contributed by atoms with Crippen LogP contribution in [0, 0.1) is 0 Å². The maximum absolute atomic E-state index is 12.9. The lowest BCUT2D eigenvalue weighted by atomic mass is 10.2. The molecule has 0 saturated heterocycles. The summed E-state index contributed by atoms with van der Waals surface area (Å²) in [6.45, 7) is 0.271. The second kappa shape index (κ2) is 6.92. The molecule has 4 nitrogen and oxygen atoms in total. The van der Waals surface area contributed by atoms with Crippen molar-refractivity contribution in [3.8, 4) is 0 Å². The van der Waals surface area contributed by atoms with Crippen molar-refractivity contribution < 1.29 is 22.7 Å². The molecular formula is C12H14BrF3N2O2. The Morgan fingerprint density at radius 2 is 2.15 bits per heavy atom. The number of hydrogen-bond acceptors (Lipinski definition) is 4. The van der Waals surface area contributed by atoms with Gasteiger partial charge < -0.3 is 9.64 Å².